The molecule has 0 aliphatic heterocycles. The predicted molar refractivity (Wildman–Crippen MR) is 89.6 cm³/mol. The smallest absolute Gasteiger partial charge is 0.264 e. The third-order valence-corrected chi connectivity index (χ3v) is 5.96. The summed E-state index contributed by atoms with van der Waals surface area (Å²) in [5.74, 6) is 0. The Bertz CT molecular complexity index is 709. The maximum atomic E-state index is 12.7. The largest absolute Gasteiger partial charge is 0.269 e. The Morgan fingerprint density at radius 3 is 2.24 bits per heavy atom. The first-order valence-corrected chi connectivity index (χ1v) is 9.38. The van der Waals surface area contributed by atoms with Crippen molar-refractivity contribution in [3.8, 4) is 0 Å². The maximum absolute atomic E-state index is 12.7. The van der Waals surface area contributed by atoms with Crippen molar-refractivity contribution in [1.29, 1.82) is 0 Å². The van der Waals surface area contributed by atoms with Crippen molar-refractivity contribution in [1.82, 2.24) is 0 Å². The average molecular weight is 321 g/mol. The number of anilines is 1. The number of hydrogen-bond acceptors (Lipinski definition) is 3. The summed E-state index contributed by atoms with van der Waals surface area (Å²) in [7, 11) is -1.92. The monoisotopic (exact) mass is 321 g/mol. The lowest BCUT2D eigenvalue weighted by molar-refractivity contribution is 0.594. The zero-order valence-corrected chi connectivity index (χ0v) is 14.0. The van der Waals surface area contributed by atoms with E-state index < -0.39 is 10.0 Å². The van der Waals surface area contributed by atoms with E-state index in [0.29, 0.717) is 4.90 Å². The lowest BCUT2D eigenvalue weighted by Crippen LogP contribution is -2.27. The number of para-hydroxylation sites is 1. The van der Waals surface area contributed by atoms with E-state index in [2.05, 4.69) is 0 Å². The van der Waals surface area contributed by atoms with Crippen molar-refractivity contribution in [2.45, 2.75) is 23.1 Å². The predicted octanol–water partition coefficient (Wildman–Crippen LogP) is 3.80. The Labute approximate surface area is 131 Å². The van der Waals surface area contributed by atoms with Gasteiger partial charge in [0.25, 0.3) is 10.0 Å². The Balaban J connectivity index is 2.42. The van der Waals surface area contributed by atoms with Gasteiger partial charge in [-0.15, -0.1) is 11.8 Å². The molecule has 2 rings (SSSR count). The van der Waals surface area contributed by atoms with Crippen LogP contribution in [-0.2, 0) is 16.4 Å². The molecule has 2 aromatic rings. The number of benzene rings is 2. The summed E-state index contributed by atoms with van der Waals surface area (Å²) < 4.78 is 26.8. The fourth-order valence-electron chi connectivity index (χ4n) is 2.15. The Morgan fingerprint density at radius 1 is 1.05 bits per heavy atom. The zero-order chi connectivity index (χ0) is 15.5. The van der Waals surface area contributed by atoms with Crippen LogP contribution < -0.4 is 4.31 Å². The highest BCUT2D eigenvalue weighted by Gasteiger charge is 2.22. The van der Waals surface area contributed by atoms with E-state index in [0.717, 1.165) is 22.6 Å². The van der Waals surface area contributed by atoms with Gasteiger partial charge < -0.3 is 0 Å². The summed E-state index contributed by atoms with van der Waals surface area (Å²) in [6, 6.07) is 14.6. The molecule has 2 aromatic carbocycles. The normalized spacial score (nSPS) is 11.4. The molecule has 0 heterocycles. The number of thioether (sulfide) groups is 1. The molecule has 5 heteroatoms. The van der Waals surface area contributed by atoms with Crippen LogP contribution in [0.5, 0.6) is 0 Å². The van der Waals surface area contributed by atoms with Crippen LogP contribution in [0.1, 0.15) is 12.5 Å². The molecule has 0 saturated heterocycles. The van der Waals surface area contributed by atoms with Gasteiger partial charge in [0.1, 0.15) is 0 Å². The molecule has 112 valence electrons. The minimum Gasteiger partial charge on any atom is -0.269 e. The Morgan fingerprint density at radius 2 is 1.67 bits per heavy atom. The summed E-state index contributed by atoms with van der Waals surface area (Å²) in [5.41, 5.74) is 1.75. The topological polar surface area (TPSA) is 37.4 Å². The van der Waals surface area contributed by atoms with Crippen LogP contribution in [0.25, 0.3) is 0 Å². The van der Waals surface area contributed by atoms with E-state index in [1.807, 2.05) is 49.6 Å². The molecular weight excluding hydrogens is 302 g/mol. The fourth-order valence-corrected chi connectivity index (χ4v) is 3.79. The van der Waals surface area contributed by atoms with Crippen molar-refractivity contribution in [2.75, 3.05) is 17.6 Å². The van der Waals surface area contributed by atoms with Crippen LogP contribution in [0, 0.1) is 0 Å². The molecule has 0 amide bonds. The van der Waals surface area contributed by atoms with Crippen molar-refractivity contribution in [3.05, 3.63) is 54.1 Å². The van der Waals surface area contributed by atoms with Crippen LogP contribution >= 0.6 is 11.8 Å². The van der Waals surface area contributed by atoms with Gasteiger partial charge in [-0.2, -0.15) is 0 Å². The summed E-state index contributed by atoms with van der Waals surface area (Å²) in [6.45, 7) is 2.02. The van der Waals surface area contributed by atoms with Gasteiger partial charge >= 0.3 is 0 Å². The molecule has 0 aromatic heterocycles. The first-order chi connectivity index (χ1) is 10.0. The second kappa shape index (κ2) is 6.54. The van der Waals surface area contributed by atoms with Crippen LogP contribution in [0.2, 0.25) is 0 Å². The molecule has 21 heavy (non-hydrogen) atoms. The highest BCUT2D eigenvalue weighted by atomic mass is 32.2. The molecule has 0 N–H and O–H groups in total. The lowest BCUT2D eigenvalue weighted by Gasteiger charge is -2.22. The summed E-state index contributed by atoms with van der Waals surface area (Å²) >= 11 is 1.59. The fraction of sp³-hybridized carbons (Fsp3) is 0.250. The van der Waals surface area contributed by atoms with Gasteiger partial charge in [-0.3, -0.25) is 4.31 Å². The summed E-state index contributed by atoms with van der Waals surface area (Å²) in [6.07, 6.45) is 2.76. The Kier molecular flexibility index (Phi) is 4.96. The van der Waals surface area contributed by atoms with Gasteiger partial charge in [0.05, 0.1) is 10.6 Å². The van der Waals surface area contributed by atoms with Gasteiger partial charge in [-0.25, -0.2) is 8.42 Å². The van der Waals surface area contributed by atoms with E-state index in [4.69, 9.17) is 0 Å². The second-order valence-corrected chi connectivity index (χ2v) is 7.48. The van der Waals surface area contributed by atoms with Crippen molar-refractivity contribution in [3.63, 3.8) is 0 Å². The van der Waals surface area contributed by atoms with E-state index >= 15 is 0 Å². The summed E-state index contributed by atoms with van der Waals surface area (Å²) in [5, 5.41) is 0. The summed E-state index contributed by atoms with van der Waals surface area (Å²) in [4.78, 5) is 1.36. The van der Waals surface area contributed by atoms with Gasteiger partial charge in [0.15, 0.2) is 0 Å². The van der Waals surface area contributed by atoms with Crippen LogP contribution in [0.4, 0.5) is 5.69 Å². The first-order valence-electron chi connectivity index (χ1n) is 6.71. The van der Waals surface area contributed by atoms with E-state index in [-0.39, 0.29) is 0 Å². The molecular formula is C16H19NO2S2. The first kappa shape index (κ1) is 15.9. The van der Waals surface area contributed by atoms with Crippen LogP contribution in [0.15, 0.2) is 58.3 Å². The minimum atomic E-state index is -3.53. The highest BCUT2D eigenvalue weighted by molar-refractivity contribution is 7.98. The molecule has 0 aliphatic carbocycles. The average Bonchev–Trinajstić information content (AvgIpc) is 2.54. The molecule has 3 nitrogen and oxygen atoms in total. The maximum Gasteiger partial charge on any atom is 0.264 e. The van der Waals surface area contributed by atoms with Crippen LogP contribution in [-0.4, -0.2) is 21.7 Å². The number of hydrogen-bond donors (Lipinski definition) is 0. The van der Waals surface area contributed by atoms with Gasteiger partial charge in [-0.1, -0.05) is 25.1 Å². The van der Waals surface area contributed by atoms with Crippen molar-refractivity contribution >= 4 is 27.5 Å². The molecule has 0 atom stereocenters. The van der Waals surface area contributed by atoms with E-state index in [9.17, 15) is 8.42 Å². The van der Waals surface area contributed by atoms with Crippen molar-refractivity contribution in [2.24, 2.45) is 0 Å². The standard InChI is InChI=1S/C16H19NO2S2/c1-4-13-7-5-6-8-16(13)17(2)21(18,19)15-11-9-14(20-3)10-12-15/h5-12H,4H2,1-3H3. The number of rotatable bonds is 5. The third-order valence-electron chi connectivity index (χ3n) is 3.43. The van der Waals surface area contributed by atoms with Crippen molar-refractivity contribution < 1.29 is 8.42 Å². The molecule has 0 aliphatic rings. The molecule has 0 saturated carbocycles. The van der Waals surface area contributed by atoms with Gasteiger partial charge in [0, 0.05) is 11.9 Å². The number of sulfonamides is 1. The number of nitrogens with zero attached hydrogens (tertiary/aromatic N) is 1. The Hall–Kier alpha value is -1.46. The van der Waals surface area contributed by atoms with E-state index in [1.54, 1.807) is 30.9 Å². The highest BCUT2D eigenvalue weighted by Crippen LogP contribution is 2.26. The zero-order valence-electron chi connectivity index (χ0n) is 12.4. The number of aryl methyl sites for hydroxylation is 1. The molecule has 0 radical (unpaired) electrons. The minimum absolute atomic E-state index is 0.314. The quantitative estimate of drug-likeness (QED) is 0.786. The van der Waals surface area contributed by atoms with Gasteiger partial charge in [-0.05, 0) is 48.6 Å². The van der Waals surface area contributed by atoms with E-state index in [1.165, 1.54) is 4.31 Å². The third kappa shape index (κ3) is 3.24. The molecule has 0 fully saturated rings. The molecule has 0 bridgehead atoms. The van der Waals surface area contributed by atoms with Crippen LogP contribution in [0.3, 0.4) is 0 Å². The molecule has 0 unspecified atom stereocenters. The van der Waals surface area contributed by atoms with Gasteiger partial charge in [0.2, 0.25) is 0 Å². The second-order valence-electron chi connectivity index (χ2n) is 4.63. The SMILES string of the molecule is CCc1ccccc1N(C)S(=O)(=O)c1ccc(SC)cc1. The molecule has 0 spiro atoms. The lowest BCUT2D eigenvalue weighted by atomic mass is 10.1.